The number of nitrogens with one attached hydrogen (secondary N) is 1. The summed E-state index contributed by atoms with van der Waals surface area (Å²) in [4.78, 5) is 14.1. The first-order valence-electron chi connectivity index (χ1n) is 7.49. The van der Waals surface area contributed by atoms with E-state index in [9.17, 15) is 4.79 Å². The molecule has 0 bridgehead atoms. The standard InChI is InChI=1S/C13H25N3O2S3/c1-19-14-20-10-3-11-21-16-7-5-15(6-8-16)12-4-2-9-18-13(12)17/h12,14H,2-11H2,1H3. The van der Waals surface area contributed by atoms with Crippen LogP contribution in [0, 0.1) is 0 Å². The van der Waals surface area contributed by atoms with Crippen LogP contribution < -0.4 is 4.13 Å². The fraction of sp³-hybridized carbons (Fsp3) is 0.923. The summed E-state index contributed by atoms with van der Waals surface area (Å²) in [5, 5.41) is 0. The minimum absolute atomic E-state index is 0.0133. The molecule has 0 aromatic rings. The van der Waals surface area contributed by atoms with Crippen LogP contribution in [0.2, 0.25) is 0 Å². The largest absolute Gasteiger partial charge is 0.465 e. The highest BCUT2D eigenvalue weighted by atomic mass is 32.2. The fourth-order valence-electron chi connectivity index (χ4n) is 2.56. The lowest BCUT2D eigenvalue weighted by atomic mass is 10.1. The Morgan fingerprint density at radius 3 is 2.81 bits per heavy atom. The Kier molecular flexibility index (Phi) is 8.64. The second-order valence-corrected chi connectivity index (χ2v) is 8.07. The molecule has 2 aliphatic rings. The maximum absolute atomic E-state index is 11.8. The van der Waals surface area contributed by atoms with E-state index in [1.807, 2.05) is 18.2 Å². The second kappa shape index (κ2) is 10.2. The molecule has 0 aromatic heterocycles. The maximum Gasteiger partial charge on any atom is 0.323 e. The molecule has 0 radical (unpaired) electrons. The van der Waals surface area contributed by atoms with Gasteiger partial charge in [-0.05, 0) is 25.5 Å². The third-order valence-electron chi connectivity index (χ3n) is 3.66. The Morgan fingerprint density at radius 2 is 2.10 bits per heavy atom. The van der Waals surface area contributed by atoms with Crippen molar-refractivity contribution in [1.29, 1.82) is 0 Å². The van der Waals surface area contributed by atoms with Gasteiger partial charge >= 0.3 is 5.97 Å². The summed E-state index contributed by atoms with van der Waals surface area (Å²) in [6.45, 7) is 4.66. The summed E-state index contributed by atoms with van der Waals surface area (Å²) in [6.07, 6.45) is 5.24. The number of esters is 1. The minimum atomic E-state index is -0.0133. The summed E-state index contributed by atoms with van der Waals surface area (Å²) in [5.74, 6) is 2.32. The van der Waals surface area contributed by atoms with Crippen LogP contribution in [0.5, 0.6) is 0 Å². The molecule has 5 nitrogen and oxygen atoms in total. The molecule has 0 aliphatic carbocycles. The Balaban J connectivity index is 1.56. The smallest absolute Gasteiger partial charge is 0.323 e. The number of hydrogen-bond acceptors (Lipinski definition) is 8. The van der Waals surface area contributed by atoms with E-state index >= 15 is 0 Å². The van der Waals surface area contributed by atoms with Crippen molar-refractivity contribution in [1.82, 2.24) is 13.3 Å². The van der Waals surface area contributed by atoms with Gasteiger partial charge in [0.05, 0.1) is 6.61 Å². The normalized spacial score (nSPS) is 25.0. The quantitative estimate of drug-likeness (QED) is 0.404. The highest BCUT2D eigenvalue weighted by molar-refractivity contribution is 8.12. The summed E-state index contributed by atoms with van der Waals surface area (Å²) in [7, 11) is 0. The van der Waals surface area contributed by atoms with Gasteiger partial charge in [0, 0.05) is 37.7 Å². The molecule has 1 N–H and O–H groups in total. The van der Waals surface area contributed by atoms with E-state index < -0.39 is 0 Å². The Hall–Kier alpha value is 0.400. The van der Waals surface area contributed by atoms with Crippen LogP contribution in [0.25, 0.3) is 0 Å². The average Bonchev–Trinajstić information content (AvgIpc) is 2.52. The lowest BCUT2D eigenvalue weighted by molar-refractivity contribution is -0.155. The number of carbonyl (C=O) groups is 1. The summed E-state index contributed by atoms with van der Waals surface area (Å²) < 4.78 is 10.8. The van der Waals surface area contributed by atoms with Gasteiger partial charge in [0.25, 0.3) is 0 Å². The highest BCUT2D eigenvalue weighted by Crippen LogP contribution is 2.20. The first kappa shape index (κ1) is 17.7. The Labute approximate surface area is 140 Å². The number of rotatable bonds is 8. The monoisotopic (exact) mass is 351 g/mol. The molecule has 8 heteroatoms. The van der Waals surface area contributed by atoms with E-state index in [0.29, 0.717) is 6.61 Å². The maximum atomic E-state index is 11.8. The molecule has 2 fully saturated rings. The molecule has 0 amide bonds. The van der Waals surface area contributed by atoms with Gasteiger partial charge in [0.1, 0.15) is 6.04 Å². The third-order valence-corrected chi connectivity index (χ3v) is 6.49. The number of nitrogens with zero attached hydrogens (tertiary/aromatic N) is 2. The molecule has 0 aromatic carbocycles. The van der Waals surface area contributed by atoms with Gasteiger partial charge in [-0.2, -0.15) is 0 Å². The molecule has 21 heavy (non-hydrogen) atoms. The van der Waals surface area contributed by atoms with Crippen LogP contribution >= 0.6 is 35.8 Å². The summed E-state index contributed by atoms with van der Waals surface area (Å²) >= 11 is 5.38. The number of hydrogen-bond donors (Lipinski definition) is 1. The molecule has 1 atom stereocenters. The van der Waals surface area contributed by atoms with Crippen molar-refractivity contribution in [2.45, 2.75) is 25.3 Å². The first-order chi connectivity index (χ1) is 10.3. The van der Waals surface area contributed by atoms with Crippen molar-refractivity contribution in [2.75, 3.05) is 50.5 Å². The van der Waals surface area contributed by atoms with Crippen molar-refractivity contribution >= 4 is 41.8 Å². The van der Waals surface area contributed by atoms with Crippen LogP contribution in [0.4, 0.5) is 0 Å². The molecule has 2 aliphatic heterocycles. The molecule has 122 valence electrons. The van der Waals surface area contributed by atoms with E-state index in [4.69, 9.17) is 4.74 Å². The van der Waals surface area contributed by atoms with Gasteiger partial charge in [0.15, 0.2) is 0 Å². The van der Waals surface area contributed by atoms with E-state index in [0.717, 1.165) is 44.8 Å². The minimum Gasteiger partial charge on any atom is -0.465 e. The predicted molar refractivity (Wildman–Crippen MR) is 93.3 cm³/mol. The summed E-state index contributed by atoms with van der Waals surface area (Å²) in [6, 6.07) is 0.0138. The molecular weight excluding hydrogens is 326 g/mol. The molecule has 1 unspecified atom stereocenters. The molecule has 2 saturated heterocycles. The van der Waals surface area contributed by atoms with Crippen molar-refractivity contribution < 1.29 is 9.53 Å². The number of piperazine rings is 1. The van der Waals surface area contributed by atoms with E-state index in [-0.39, 0.29) is 12.0 Å². The van der Waals surface area contributed by atoms with Crippen molar-refractivity contribution in [3.63, 3.8) is 0 Å². The Bertz CT molecular complexity index is 315. The third kappa shape index (κ3) is 6.19. The van der Waals surface area contributed by atoms with Crippen LogP contribution in [0.3, 0.4) is 0 Å². The van der Waals surface area contributed by atoms with Gasteiger partial charge in [-0.1, -0.05) is 35.8 Å². The zero-order valence-corrected chi connectivity index (χ0v) is 15.0. The lowest BCUT2D eigenvalue weighted by Crippen LogP contribution is -2.52. The molecule has 0 spiro atoms. The lowest BCUT2D eigenvalue weighted by Gasteiger charge is -2.38. The van der Waals surface area contributed by atoms with Gasteiger partial charge in [-0.15, -0.1) is 0 Å². The van der Waals surface area contributed by atoms with Crippen molar-refractivity contribution in [3.8, 4) is 0 Å². The van der Waals surface area contributed by atoms with Crippen LogP contribution in [0.15, 0.2) is 0 Å². The second-order valence-electron chi connectivity index (χ2n) is 5.11. The fourth-order valence-corrected chi connectivity index (χ4v) is 4.79. The highest BCUT2D eigenvalue weighted by Gasteiger charge is 2.32. The number of ether oxygens (including phenoxy) is 1. The number of carbonyl (C=O) groups excluding carboxylic acids is 1. The predicted octanol–water partition coefficient (Wildman–Crippen LogP) is 1.86. The van der Waals surface area contributed by atoms with E-state index in [1.54, 1.807) is 23.9 Å². The molecule has 2 rings (SSSR count). The van der Waals surface area contributed by atoms with E-state index in [2.05, 4.69) is 13.3 Å². The topological polar surface area (TPSA) is 44.8 Å². The number of cyclic esters (lactones) is 1. The van der Waals surface area contributed by atoms with Gasteiger partial charge < -0.3 is 4.74 Å². The molecule has 0 saturated carbocycles. The van der Waals surface area contributed by atoms with Crippen LogP contribution in [-0.4, -0.2) is 71.8 Å². The van der Waals surface area contributed by atoms with Gasteiger partial charge in [-0.25, -0.2) is 8.43 Å². The van der Waals surface area contributed by atoms with Crippen molar-refractivity contribution in [2.24, 2.45) is 0 Å². The average molecular weight is 352 g/mol. The van der Waals surface area contributed by atoms with Gasteiger partial charge in [-0.3, -0.25) is 9.69 Å². The van der Waals surface area contributed by atoms with Gasteiger partial charge in [0.2, 0.25) is 0 Å². The van der Waals surface area contributed by atoms with Crippen LogP contribution in [-0.2, 0) is 9.53 Å². The zero-order chi connectivity index (χ0) is 14.9. The SMILES string of the molecule is CSNSCCCSN1CCN(C2CCCOC2=O)CC1. The Morgan fingerprint density at radius 1 is 1.29 bits per heavy atom. The zero-order valence-electron chi connectivity index (χ0n) is 12.6. The summed E-state index contributed by atoms with van der Waals surface area (Å²) in [5.41, 5.74) is 0. The first-order valence-corrected chi connectivity index (χ1v) is 10.6. The van der Waals surface area contributed by atoms with Crippen LogP contribution in [0.1, 0.15) is 19.3 Å². The van der Waals surface area contributed by atoms with E-state index in [1.165, 1.54) is 12.2 Å². The molecular formula is C13H25N3O2S3. The van der Waals surface area contributed by atoms with Crippen molar-refractivity contribution in [3.05, 3.63) is 0 Å². The molecule has 2 heterocycles.